The molecule has 0 saturated carbocycles. The van der Waals surface area contributed by atoms with Crippen LogP contribution in [0.5, 0.6) is 11.5 Å². The van der Waals surface area contributed by atoms with Crippen molar-refractivity contribution in [2.24, 2.45) is 5.10 Å². The van der Waals surface area contributed by atoms with Crippen molar-refractivity contribution >= 4 is 17.7 Å². The zero-order valence-corrected chi connectivity index (χ0v) is 11.8. The molecular formula is C14H14N4O4. The number of hydrogen-bond donors (Lipinski definition) is 2. The number of nitrogens with one attached hydrogen (secondary N) is 1. The van der Waals surface area contributed by atoms with Crippen molar-refractivity contribution in [3.63, 3.8) is 0 Å². The first-order valence-electron chi connectivity index (χ1n) is 6.45. The molecule has 1 heterocycles. The summed E-state index contributed by atoms with van der Waals surface area (Å²) in [6, 6.07) is 7.62. The lowest BCUT2D eigenvalue weighted by Crippen LogP contribution is -1.96. The maximum atomic E-state index is 10.5. The van der Waals surface area contributed by atoms with Crippen LogP contribution in [0.15, 0.2) is 41.6 Å². The average molecular weight is 302 g/mol. The van der Waals surface area contributed by atoms with Crippen molar-refractivity contribution in [2.75, 3.05) is 12.0 Å². The monoisotopic (exact) mass is 302 g/mol. The second kappa shape index (κ2) is 7.02. The van der Waals surface area contributed by atoms with E-state index in [4.69, 9.17) is 4.74 Å². The van der Waals surface area contributed by atoms with Crippen LogP contribution in [0.2, 0.25) is 0 Å². The summed E-state index contributed by atoms with van der Waals surface area (Å²) in [7, 11) is 0. The van der Waals surface area contributed by atoms with Gasteiger partial charge in [0, 0.05) is 6.07 Å². The van der Waals surface area contributed by atoms with Gasteiger partial charge < -0.3 is 9.84 Å². The highest BCUT2D eigenvalue weighted by molar-refractivity contribution is 5.81. The third-order valence-electron chi connectivity index (χ3n) is 2.64. The Bertz CT molecular complexity index is 686. The maximum Gasteiger partial charge on any atom is 0.287 e. The Morgan fingerprint density at radius 2 is 2.27 bits per heavy atom. The van der Waals surface area contributed by atoms with Gasteiger partial charge in [-0.25, -0.2) is 4.98 Å². The molecule has 1 aromatic carbocycles. The molecule has 0 bridgehead atoms. The van der Waals surface area contributed by atoms with Crippen LogP contribution in [-0.2, 0) is 0 Å². The lowest BCUT2D eigenvalue weighted by atomic mass is 10.2. The Balaban J connectivity index is 2.03. The molecule has 0 radical (unpaired) electrons. The molecule has 22 heavy (non-hydrogen) atoms. The van der Waals surface area contributed by atoms with E-state index in [1.165, 1.54) is 24.4 Å². The first-order chi connectivity index (χ1) is 10.6. The number of hydrazone groups is 1. The summed E-state index contributed by atoms with van der Waals surface area (Å²) in [4.78, 5) is 13.8. The number of aromatic nitrogens is 1. The van der Waals surface area contributed by atoms with Gasteiger partial charge in [0.2, 0.25) is 0 Å². The van der Waals surface area contributed by atoms with Gasteiger partial charge in [-0.1, -0.05) is 0 Å². The van der Waals surface area contributed by atoms with Gasteiger partial charge >= 0.3 is 0 Å². The minimum Gasteiger partial charge on any atom is -0.504 e. The standard InChI is InChI=1S/C14H14N4O4/c1-2-22-13-7-10(3-5-12(13)19)8-16-17-14-6-4-11(9-15-14)18(20)21/h3-9,19H,2H2,1H3,(H,15,17)/b16-8-. The van der Waals surface area contributed by atoms with Crippen LogP contribution in [0.25, 0.3) is 0 Å². The molecule has 2 rings (SSSR count). The number of aromatic hydroxyl groups is 1. The Kier molecular flexibility index (Phi) is 4.86. The van der Waals surface area contributed by atoms with E-state index >= 15 is 0 Å². The fourth-order valence-electron chi connectivity index (χ4n) is 1.62. The second-order valence-corrected chi connectivity index (χ2v) is 4.19. The van der Waals surface area contributed by atoms with Gasteiger partial charge in [0.05, 0.1) is 17.7 Å². The van der Waals surface area contributed by atoms with E-state index in [0.29, 0.717) is 18.2 Å². The molecule has 0 saturated heterocycles. The fraction of sp³-hybridized carbons (Fsp3) is 0.143. The van der Waals surface area contributed by atoms with E-state index in [0.717, 1.165) is 11.8 Å². The predicted molar refractivity (Wildman–Crippen MR) is 81.4 cm³/mol. The Hall–Kier alpha value is -3.16. The third-order valence-corrected chi connectivity index (χ3v) is 2.64. The number of rotatable bonds is 6. The fourth-order valence-corrected chi connectivity index (χ4v) is 1.62. The van der Waals surface area contributed by atoms with Gasteiger partial charge in [0.15, 0.2) is 11.5 Å². The lowest BCUT2D eigenvalue weighted by Gasteiger charge is -2.06. The van der Waals surface area contributed by atoms with Crippen molar-refractivity contribution in [1.29, 1.82) is 0 Å². The number of phenolic OH excluding ortho intramolecular Hbond substituents is 1. The predicted octanol–water partition coefficient (Wildman–Crippen LogP) is 2.54. The van der Waals surface area contributed by atoms with E-state index in [1.54, 1.807) is 12.1 Å². The van der Waals surface area contributed by atoms with Crippen molar-refractivity contribution in [1.82, 2.24) is 4.98 Å². The number of anilines is 1. The number of nitro groups is 1. The second-order valence-electron chi connectivity index (χ2n) is 4.19. The number of hydrogen-bond acceptors (Lipinski definition) is 7. The largest absolute Gasteiger partial charge is 0.504 e. The zero-order valence-electron chi connectivity index (χ0n) is 11.8. The minimum absolute atomic E-state index is 0.0593. The molecule has 1 aromatic heterocycles. The van der Waals surface area contributed by atoms with Crippen LogP contribution >= 0.6 is 0 Å². The summed E-state index contributed by atoms with van der Waals surface area (Å²) < 4.78 is 5.27. The van der Waals surface area contributed by atoms with Crippen molar-refractivity contribution in [2.45, 2.75) is 6.92 Å². The summed E-state index contributed by atoms with van der Waals surface area (Å²) in [6.07, 6.45) is 2.66. The molecule has 0 aliphatic rings. The van der Waals surface area contributed by atoms with Gasteiger partial charge in [0.1, 0.15) is 12.0 Å². The first-order valence-corrected chi connectivity index (χ1v) is 6.45. The summed E-state index contributed by atoms with van der Waals surface area (Å²) in [5.41, 5.74) is 3.29. The van der Waals surface area contributed by atoms with Gasteiger partial charge in [-0.05, 0) is 36.8 Å². The molecule has 2 N–H and O–H groups in total. The summed E-state index contributed by atoms with van der Waals surface area (Å²) >= 11 is 0. The smallest absolute Gasteiger partial charge is 0.287 e. The number of benzene rings is 1. The number of pyridine rings is 1. The van der Waals surface area contributed by atoms with Crippen molar-refractivity contribution < 1.29 is 14.8 Å². The van der Waals surface area contributed by atoms with Gasteiger partial charge in [-0.3, -0.25) is 15.5 Å². The molecule has 0 spiro atoms. The van der Waals surface area contributed by atoms with Gasteiger partial charge in [-0.15, -0.1) is 0 Å². The minimum atomic E-state index is -0.522. The molecule has 0 unspecified atom stereocenters. The average Bonchev–Trinajstić information content (AvgIpc) is 2.51. The Labute approximate surface area is 126 Å². The van der Waals surface area contributed by atoms with Crippen molar-refractivity contribution in [3.8, 4) is 11.5 Å². The molecule has 2 aromatic rings. The molecular weight excluding hydrogens is 288 g/mol. The first kappa shape index (κ1) is 15.2. The van der Waals surface area contributed by atoms with E-state index in [1.807, 2.05) is 6.92 Å². The SMILES string of the molecule is CCOc1cc(/C=N\Nc2ccc([N+](=O)[O-])cn2)ccc1O. The van der Waals surface area contributed by atoms with Crippen LogP contribution < -0.4 is 10.2 Å². The summed E-state index contributed by atoms with van der Waals surface area (Å²) in [5, 5.41) is 24.1. The molecule has 0 amide bonds. The molecule has 0 aliphatic carbocycles. The van der Waals surface area contributed by atoms with Gasteiger partial charge in [-0.2, -0.15) is 5.10 Å². The van der Waals surface area contributed by atoms with Crippen LogP contribution in [0.4, 0.5) is 11.5 Å². The highest BCUT2D eigenvalue weighted by Gasteiger charge is 2.04. The summed E-state index contributed by atoms with van der Waals surface area (Å²) in [5.74, 6) is 0.814. The highest BCUT2D eigenvalue weighted by Crippen LogP contribution is 2.26. The normalized spacial score (nSPS) is 10.6. The topological polar surface area (TPSA) is 110 Å². The summed E-state index contributed by atoms with van der Waals surface area (Å²) in [6.45, 7) is 2.27. The van der Waals surface area contributed by atoms with E-state index in [2.05, 4.69) is 15.5 Å². The number of ether oxygens (including phenoxy) is 1. The van der Waals surface area contributed by atoms with E-state index < -0.39 is 4.92 Å². The molecule has 8 heteroatoms. The molecule has 0 atom stereocenters. The lowest BCUT2D eigenvalue weighted by molar-refractivity contribution is -0.385. The molecule has 8 nitrogen and oxygen atoms in total. The maximum absolute atomic E-state index is 10.5. The zero-order chi connectivity index (χ0) is 15.9. The number of phenols is 1. The molecule has 0 aliphatic heterocycles. The van der Waals surface area contributed by atoms with Crippen LogP contribution in [-0.4, -0.2) is 27.8 Å². The van der Waals surface area contributed by atoms with Crippen molar-refractivity contribution in [3.05, 3.63) is 52.2 Å². The highest BCUT2D eigenvalue weighted by atomic mass is 16.6. The third kappa shape index (κ3) is 3.92. The van der Waals surface area contributed by atoms with E-state index in [-0.39, 0.29) is 11.4 Å². The van der Waals surface area contributed by atoms with Crippen LogP contribution in [0, 0.1) is 10.1 Å². The van der Waals surface area contributed by atoms with Crippen LogP contribution in [0.1, 0.15) is 12.5 Å². The van der Waals surface area contributed by atoms with Gasteiger partial charge in [0.25, 0.3) is 5.69 Å². The quantitative estimate of drug-likeness (QED) is 0.482. The van der Waals surface area contributed by atoms with Crippen LogP contribution in [0.3, 0.4) is 0 Å². The number of nitrogens with zero attached hydrogens (tertiary/aromatic N) is 3. The molecule has 0 fully saturated rings. The molecule has 114 valence electrons. The van der Waals surface area contributed by atoms with E-state index in [9.17, 15) is 15.2 Å². The Morgan fingerprint density at radius 3 is 2.91 bits per heavy atom. The Morgan fingerprint density at radius 1 is 1.45 bits per heavy atom.